The minimum absolute atomic E-state index is 0.654. The molecule has 0 aliphatic heterocycles. The highest BCUT2D eigenvalue weighted by atomic mass is 16.5. The van der Waals surface area contributed by atoms with E-state index in [1.54, 1.807) is 0 Å². The second-order valence-electron chi connectivity index (χ2n) is 2.86. The van der Waals surface area contributed by atoms with Crippen LogP contribution >= 0.6 is 0 Å². The summed E-state index contributed by atoms with van der Waals surface area (Å²) >= 11 is 0. The third kappa shape index (κ3) is 3.58. The molecule has 0 bridgehead atoms. The summed E-state index contributed by atoms with van der Waals surface area (Å²) < 4.78 is 5.24. The molecule has 1 aromatic rings. The van der Waals surface area contributed by atoms with Crippen molar-refractivity contribution in [3.63, 3.8) is 0 Å². The van der Waals surface area contributed by atoms with Crippen LogP contribution in [0.15, 0.2) is 31.0 Å². The molecular weight excluding hydrogens is 176 g/mol. The third-order valence-corrected chi connectivity index (χ3v) is 1.71. The molecule has 0 aliphatic carbocycles. The van der Waals surface area contributed by atoms with Gasteiger partial charge in [0.1, 0.15) is 0 Å². The van der Waals surface area contributed by atoms with Crippen LogP contribution in [0, 0.1) is 0 Å². The molecule has 76 valence electrons. The van der Waals surface area contributed by atoms with Crippen molar-refractivity contribution in [3.8, 4) is 5.88 Å². The average molecular weight is 192 g/mol. The van der Waals surface area contributed by atoms with E-state index in [0.717, 1.165) is 18.7 Å². The Hall–Kier alpha value is -1.35. The maximum Gasteiger partial charge on any atom is 0.213 e. The molecule has 0 aliphatic rings. The Morgan fingerprint density at radius 1 is 1.57 bits per heavy atom. The van der Waals surface area contributed by atoms with Crippen LogP contribution in [0.1, 0.15) is 12.5 Å². The molecule has 0 unspecified atom stereocenters. The largest absolute Gasteiger partial charge is 0.478 e. The lowest BCUT2D eigenvalue weighted by atomic mass is 10.3. The van der Waals surface area contributed by atoms with E-state index in [2.05, 4.69) is 16.9 Å². The zero-order valence-corrected chi connectivity index (χ0v) is 8.49. The lowest BCUT2D eigenvalue weighted by Crippen LogP contribution is -2.12. The van der Waals surface area contributed by atoms with Crippen LogP contribution in [-0.4, -0.2) is 18.1 Å². The van der Waals surface area contributed by atoms with Gasteiger partial charge >= 0.3 is 0 Å². The molecule has 14 heavy (non-hydrogen) atoms. The van der Waals surface area contributed by atoms with Gasteiger partial charge in [0.05, 0.1) is 6.61 Å². The van der Waals surface area contributed by atoms with Gasteiger partial charge < -0.3 is 10.1 Å². The van der Waals surface area contributed by atoms with Crippen LogP contribution in [0.2, 0.25) is 0 Å². The highest BCUT2D eigenvalue weighted by Gasteiger charge is 1.94. The number of hydrogen-bond donors (Lipinski definition) is 1. The minimum Gasteiger partial charge on any atom is -0.478 e. The molecule has 3 heteroatoms. The minimum atomic E-state index is 0.654. The second-order valence-corrected chi connectivity index (χ2v) is 2.86. The maximum atomic E-state index is 5.24. The van der Waals surface area contributed by atoms with Gasteiger partial charge in [0, 0.05) is 25.4 Å². The SMILES string of the molecule is C=CCNCc1ccc(OCC)nc1. The Labute approximate surface area is 84.8 Å². The fourth-order valence-electron chi connectivity index (χ4n) is 1.07. The molecule has 3 nitrogen and oxygen atoms in total. The molecule has 1 N–H and O–H groups in total. The van der Waals surface area contributed by atoms with Crippen molar-refractivity contribution in [2.24, 2.45) is 0 Å². The fraction of sp³-hybridized carbons (Fsp3) is 0.364. The Kier molecular flexibility index (Phi) is 4.72. The fourth-order valence-corrected chi connectivity index (χ4v) is 1.07. The maximum absolute atomic E-state index is 5.24. The predicted molar refractivity (Wildman–Crippen MR) is 57.3 cm³/mol. The summed E-state index contributed by atoms with van der Waals surface area (Å²) in [7, 11) is 0. The van der Waals surface area contributed by atoms with Crippen LogP contribution in [0.25, 0.3) is 0 Å². The summed E-state index contributed by atoms with van der Waals surface area (Å²) in [6.45, 7) is 7.86. The van der Waals surface area contributed by atoms with E-state index in [4.69, 9.17) is 4.74 Å². The Balaban J connectivity index is 2.42. The molecule has 0 radical (unpaired) electrons. The van der Waals surface area contributed by atoms with Gasteiger partial charge in [0.25, 0.3) is 0 Å². The number of hydrogen-bond acceptors (Lipinski definition) is 3. The van der Waals surface area contributed by atoms with Crippen LogP contribution in [-0.2, 0) is 6.54 Å². The monoisotopic (exact) mass is 192 g/mol. The van der Waals surface area contributed by atoms with Crippen LogP contribution in [0.3, 0.4) is 0 Å². The molecule has 1 rings (SSSR count). The van der Waals surface area contributed by atoms with Crippen molar-refractivity contribution in [3.05, 3.63) is 36.5 Å². The molecule has 1 aromatic heterocycles. The number of pyridine rings is 1. The smallest absolute Gasteiger partial charge is 0.213 e. The summed E-state index contributed by atoms with van der Waals surface area (Å²) in [4.78, 5) is 4.16. The van der Waals surface area contributed by atoms with Gasteiger partial charge in [0.2, 0.25) is 5.88 Å². The summed E-state index contributed by atoms with van der Waals surface area (Å²) in [6.07, 6.45) is 3.66. The first kappa shape index (κ1) is 10.7. The van der Waals surface area contributed by atoms with Crippen LogP contribution in [0.5, 0.6) is 5.88 Å². The van der Waals surface area contributed by atoms with Gasteiger partial charge in [-0.25, -0.2) is 4.98 Å². The number of ether oxygens (including phenoxy) is 1. The first-order valence-corrected chi connectivity index (χ1v) is 4.76. The number of nitrogens with zero attached hydrogens (tertiary/aromatic N) is 1. The van der Waals surface area contributed by atoms with Crippen LogP contribution < -0.4 is 10.1 Å². The van der Waals surface area contributed by atoms with E-state index < -0.39 is 0 Å². The van der Waals surface area contributed by atoms with Gasteiger partial charge in [0.15, 0.2) is 0 Å². The van der Waals surface area contributed by atoms with E-state index in [0.29, 0.717) is 12.5 Å². The summed E-state index contributed by atoms with van der Waals surface area (Å²) in [5.41, 5.74) is 1.15. The normalized spacial score (nSPS) is 9.79. The average Bonchev–Trinajstić information content (AvgIpc) is 2.21. The van der Waals surface area contributed by atoms with E-state index in [9.17, 15) is 0 Å². The van der Waals surface area contributed by atoms with Gasteiger partial charge in [-0.2, -0.15) is 0 Å². The summed E-state index contributed by atoms with van der Waals surface area (Å²) in [5.74, 6) is 0.681. The lowest BCUT2D eigenvalue weighted by molar-refractivity contribution is 0.326. The van der Waals surface area contributed by atoms with E-state index in [-0.39, 0.29) is 0 Å². The molecule has 0 saturated carbocycles. The first-order valence-electron chi connectivity index (χ1n) is 4.76. The van der Waals surface area contributed by atoms with Gasteiger partial charge in [-0.05, 0) is 12.5 Å². The number of aromatic nitrogens is 1. The first-order chi connectivity index (χ1) is 6.86. The van der Waals surface area contributed by atoms with Crippen molar-refractivity contribution < 1.29 is 4.74 Å². The number of nitrogens with one attached hydrogen (secondary N) is 1. The second kappa shape index (κ2) is 6.16. The molecule has 0 aromatic carbocycles. The van der Waals surface area contributed by atoms with Crippen molar-refractivity contribution >= 4 is 0 Å². The highest BCUT2D eigenvalue weighted by Crippen LogP contribution is 2.06. The van der Waals surface area contributed by atoms with Gasteiger partial charge in [-0.1, -0.05) is 12.1 Å². The van der Waals surface area contributed by atoms with Gasteiger partial charge in [-0.3, -0.25) is 0 Å². The molecule has 0 atom stereocenters. The molecule has 0 saturated heterocycles. The molecule has 0 amide bonds. The van der Waals surface area contributed by atoms with Crippen molar-refractivity contribution in [2.75, 3.05) is 13.2 Å². The van der Waals surface area contributed by atoms with Gasteiger partial charge in [-0.15, -0.1) is 6.58 Å². The Morgan fingerprint density at radius 3 is 3.00 bits per heavy atom. The Bertz CT molecular complexity index is 269. The Morgan fingerprint density at radius 2 is 2.43 bits per heavy atom. The molecule has 1 heterocycles. The van der Waals surface area contributed by atoms with E-state index >= 15 is 0 Å². The van der Waals surface area contributed by atoms with E-state index in [1.165, 1.54) is 0 Å². The summed E-state index contributed by atoms with van der Waals surface area (Å²) in [5, 5.41) is 3.20. The molecule has 0 spiro atoms. The summed E-state index contributed by atoms with van der Waals surface area (Å²) in [6, 6.07) is 3.89. The zero-order valence-electron chi connectivity index (χ0n) is 8.49. The quantitative estimate of drug-likeness (QED) is 0.551. The van der Waals surface area contributed by atoms with E-state index in [1.807, 2.05) is 31.3 Å². The standard InChI is InChI=1S/C11H16N2O/c1-3-7-12-8-10-5-6-11(13-9-10)14-4-2/h3,5-6,9,12H,1,4,7-8H2,2H3. The van der Waals surface area contributed by atoms with Crippen molar-refractivity contribution in [2.45, 2.75) is 13.5 Å². The van der Waals surface area contributed by atoms with Crippen molar-refractivity contribution in [1.29, 1.82) is 0 Å². The molecule has 0 fully saturated rings. The number of rotatable bonds is 6. The zero-order chi connectivity index (χ0) is 10.2. The molecular formula is C11H16N2O. The lowest BCUT2D eigenvalue weighted by Gasteiger charge is -2.04. The predicted octanol–water partition coefficient (Wildman–Crippen LogP) is 1.76. The topological polar surface area (TPSA) is 34.1 Å². The highest BCUT2D eigenvalue weighted by molar-refractivity contribution is 5.17. The third-order valence-electron chi connectivity index (χ3n) is 1.71. The van der Waals surface area contributed by atoms with Crippen LogP contribution in [0.4, 0.5) is 0 Å². The van der Waals surface area contributed by atoms with Crippen molar-refractivity contribution in [1.82, 2.24) is 10.3 Å².